The van der Waals surface area contributed by atoms with Crippen LogP contribution in [0.1, 0.15) is 44.9 Å². The van der Waals surface area contributed by atoms with Gasteiger partial charge < -0.3 is 24.6 Å². The summed E-state index contributed by atoms with van der Waals surface area (Å²) in [4.78, 5) is 34.6. The van der Waals surface area contributed by atoms with Gasteiger partial charge in [0.1, 0.15) is 5.82 Å². The van der Waals surface area contributed by atoms with Gasteiger partial charge in [0.25, 0.3) is 0 Å². The number of pyridine rings is 1. The van der Waals surface area contributed by atoms with Crippen LogP contribution in [0.25, 0.3) is 0 Å². The predicted octanol–water partition coefficient (Wildman–Crippen LogP) is -0.0285. The van der Waals surface area contributed by atoms with E-state index >= 15 is 0 Å². The van der Waals surface area contributed by atoms with Gasteiger partial charge >= 0.3 is 0 Å². The fourth-order valence-corrected chi connectivity index (χ4v) is 5.75. The Bertz CT molecular complexity index is 730. The molecule has 1 aromatic heterocycles. The van der Waals surface area contributed by atoms with Crippen molar-refractivity contribution in [2.75, 3.05) is 50.7 Å². The second-order valence-electron chi connectivity index (χ2n) is 9.61. The number of carbonyl (C=O) groups is 2. The smallest absolute Gasteiger partial charge is 0.225 e. The normalized spacial score (nSPS) is 25.7. The van der Waals surface area contributed by atoms with Crippen molar-refractivity contribution in [2.24, 2.45) is 17.8 Å². The summed E-state index contributed by atoms with van der Waals surface area (Å²) in [6.07, 6.45) is 8.10. The summed E-state index contributed by atoms with van der Waals surface area (Å²) in [5.74, 6) is 0.991. The highest BCUT2D eigenvalue weighted by molar-refractivity contribution is 5.79. The van der Waals surface area contributed by atoms with Gasteiger partial charge in [-0.1, -0.05) is 18.9 Å². The Morgan fingerprint density at radius 3 is 2.52 bits per heavy atom. The minimum absolute atomic E-state index is 0.124. The van der Waals surface area contributed by atoms with Crippen LogP contribution in [-0.2, 0) is 9.59 Å². The van der Waals surface area contributed by atoms with Crippen LogP contribution in [0.3, 0.4) is 0 Å². The number of carboxylic acids is 1. The summed E-state index contributed by atoms with van der Waals surface area (Å²) in [7, 11) is 0. The highest BCUT2D eigenvalue weighted by atomic mass is 16.4. The molecule has 170 valence electrons. The Labute approximate surface area is 185 Å². The van der Waals surface area contributed by atoms with Crippen molar-refractivity contribution < 1.29 is 19.6 Å². The van der Waals surface area contributed by atoms with Gasteiger partial charge in [0.05, 0.1) is 32.7 Å². The molecular formula is C24H36N4O3. The molecule has 0 aromatic carbocycles. The molecule has 1 N–H and O–H groups in total. The summed E-state index contributed by atoms with van der Waals surface area (Å²) in [6.45, 7) is 6.59. The van der Waals surface area contributed by atoms with Gasteiger partial charge in [-0.3, -0.25) is 4.79 Å². The third kappa shape index (κ3) is 5.76. The summed E-state index contributed by atoms with van der Waals surface area (Å²) in [5, 5.41) is 11.3. The second kappa shape index (κ2) is 10.4. The van der Waals surface area contributed by atoms with Crippen molar-refractivity contribution in [3.63, 3.8) is 0 Å². The van der Waals surface area contributed by atoms with Crippen molar-refractivity contribution in [3.05, 3.63) is 24.4 Å². The lowest BCUT2D eigenvalue weighted by atomic mass is 9.80. The molecule has 3 aliphatic rings. The number of aliphatic carboxylic acids is 1. The molecule has 0 unspecified atom stereocenters. The Morgan fingerprint density at radius 2 is 1.84 bits per heavy atom. The van der Waals surface area contributed by atoms with Crippen molar-refractivity contribution in [1.82, 2.24) is 9.88 Å². The molecule has 2 aliphatic heterocycles. The summed E-state index contributed by atoms with van der Waals surface area (Å²) in [6, 6.07) is 6.03. The van der Waals surface area contributed by atoms with E-state index in [0.717, 1.165) is 83.6 Å². The first-order valence-corrected chi connectivity index (χ1v) is 12.1. The zero-order chi connectivity index (χ0) is 21.6. The van der Waals surface area contributed by atoms with Crippen molar-refractivity contribution >= 4 is 17.7 Å². The van der Waals surface area contributed by atoms with Crippen LogP contribution in [0.5, 0.6) is 0 Å². The first kappa shape index (κ1) is 22.1. The van der Waals surface area contributed by atoms with Crippen molar-refractivity contribution in [2.45, 2.75) is 44.9 Å². The van der Waals surface area contributed by atoms with Crippen LogP contribution in [0.4, 0.5) is 5.82 Å². The van der Waals surface area contributed by atoms with E-state index in [1.54, 1.807) is 4.90 Å². The topological polar surface area (TPSA) is 81.0 Å². The number of hydrogen-bond acceptors (Lipinski definition) is 5. The first-order valence-electron chi connectivity index (χ1n) is 12.1. The van der Waals surface area contributed by atoms with Crippen LogP contribution >= 0.6 is 0 Å². The lowest BCUT2D eigenvalue weighted by Gasteiger charge is -2.41. The van der Waals surface area contributed by atoms with E-state index < -0.39 is 5.97 Å². The largest absolute Gasteiger partial charge is 0.550 e. The summed E-state index contributed by atoms with van der Waals surface area (Å²) in [5.41, 5.74) is 0. The molecule has 3 heterocycles. The van der Waals surface area contributed by atoms with E-state index in [2.05, 4.69) is 16.0 Å². The van der Waals surface area contributed by atoms with Crippen LogP contribution < -0.4 is 14.9 Å². The van der Waals surface area contributed by atoms with E-state index in [4.69, 9.17) is 0 Å². The molecule has 1 aliphatic carbocycles. The molecule has 3 fully saturated rings. The van der Waals surface area contributed by atoms with Crippen LogP contribution in [0.2, 0.25) is 0 Å². The van der Waals surface area contributed by atoms with Crippen LogP contribution in [0.15, 0.2) is 24.4 Å². The average molecular weight is 429 g/mol. The van der Waals surface area contributed by atoms with Gasteiger partial charge in [-0.2, -0.15) is 0 Å². The lowest BCUT2D eigenvalue weighted by molar-refractivity contribution is -0.901. The Balaban J connectivity index is 1.29. The van der Waals surface area contributed by atoms with Gasteiger partial charge in [0, 0.05) is 37.6 Å². The zero-order valence-corrected chi connectivity index (χ0v) is 18.5. The number of aromatic nitrogens is 1. The van der Waals surface area contributed by atoms with E-state index in [9.17, 15) is 14.7 Å². The molecular weight excluding hydrogens is 392 g/mol. The summed E-state index contributed by atoms with van der Waals surface area (Å²) >= 11 is 0. The number of nitrogens with one attached hydrogen (secondary N) is 1. The van der Waals surface area contributed by atoms with E-state index in [0.29, 0.717) is 12.5 Å². The maximum atomic E-state index is 12.9. The number of anilines is 1. The van der Waals surface area contributed by atoms with E-state index in [1.807, 2.05) is 23.2 Å². The van der Waals surface area contributed by atoms with Crippen molar-refractivity contribution in [1.29, 1.82) is 0 Å². The predicted molar refractivity (Wildman–Crippen MR) is 116 cm³/mol. The Morgan fingerprint density at radius 1 is 1.06 bits per heavy atom. The molecule has 0 radical (unpaired) electrons. The first-order chi connectivity index (χ1) is 15.1. The molecule has 1 aromatic rings. The number of likely N-dealkylation sites (tertiary alicyclic amines) is 1. The fraction of sp³-hybridized carbons (Fsp3) is 0.708. The molecule has 0 bridgehead atoms. The number of nitrogens with zero attached hydrogens (tertiary/aromatic N) is 3. The molecule has 7 heteroatoms. The maximum Gasteiger partial charge on any atom is 0.225 e. The monoisotopic (exact) mass is 428 g/mol. The standard InChI is InChI=1S/C24H36N4O3/c29-23(30)17-20-9-12-28(24(31)19-5-1-2-6-19)18-21(20)8-11-26-13-15-27(16-14-26)22-7-3-4-10-25-22/h3-4,7,10,19-21H,1-2,5-6,8-9,11-18H2,(H,29,30)/t20-,21-/m0/s1. The third-order valence-corrected chi connectivity index (χ3v) is 7.65. The molecule has 0 spiro atoms. The van der Waals surface area contributed by atoms with Gasteiger partial charge in [0.2, 0.25) is 5.91 Å². The van der Waals surface area contributed by atoms with Crippen molar-refractivity contribution in [3.8, 4) is 0 Å². The summed E-state index contributed by atoms with van der Waals surface area (Å²) < 4.78 is 0. The molecule has 31 heavy (non-hydrogen) atoms. The minimum Gasteiger partial charge on any atom is -0.550 e. The van der Waals surface area contributed by atoms with Gasteiger partial charge in [0.15, 0.2) is 0 Å². The van der Waals surface area contributed by atoms with Gasteiger partial charge in [-0.15, -0.1) is 0 Å². The third-order valence-electron chi connectivity index (χ3n) is 7.65. The van der Waals surface area contributed by atoms with E-state index in [-0.39, 0.29) is 24.2 Å². The lowest BCUT2D eigenvalue weighted by Crippen LogP contribution is -3.15. The van der Waals surface area contributed by atoms with Gasteiger partial charge in [-0.25, -0.2) is 4.98 Å². The highest BCUT2D eigenvalue weighted by Crippen LogP contribution is 2.32. The number of piperazine rings is 1. The quantitative estimate of drug-likeness (QED) is 0.660. The number of quaternary nitrogens is 1. The molecule has 1 saturated carbocycles. The number of rotatable bonds is 7. The average Bonchev–Trinajstić information content (AvgIpc) is 3.33. The molecule has 7 nitrogen and oxygen atoms in total. The maximum absolute atomic E-state index is 12.9. The molecule has 2 atom stereocenters. The minimum atomic E-state index is -0.957. The number of amides is 1. The Hall–Kier alpha value is -2.15. The molecule has 2 saturated heterocycles. The molecule has 1 amide bonds. The van der Waals surface area contributed by atoms with Gasteiger partial charge in [-0.05, 0) is 49.7 Å². The highest BCUT2D eigenvalue weighted by Gasteiger charge is 2.35. The molecule has 4 rings (SSSR count). The zero-order valence-electron chi connectivity index (χ0n) is 18.5. The van der Waals surface area contributed by atoms with E-state index in [1.165, 1.54) is 0 Å². The number of carbonyl (C=O) groups excluding carboxylic acids is 2. The Kier molecular flexibility index (Phi) is 7.43. The number of carboxylic acid groups (broad SMARTS) is 1. The SMILES string of the molecule is O=C([O-])C[C@@H]1CCN(C(=O)C2CCCC2)C[C@@H]1CC[NH+]1CCN(c2ccccn2)CC1. The van der Waals surface area contributed by atoms with Crippen LogP contribution in [0, 0.1) is 17.8 Å². The number of hydrogen-bond donors (Lipinski definition) is 1. The fourth-order valence-electron chi connectivity index (χ4n) is 5.75. The second-order valence-corrected chi connectivity index (χ2v) is 9.61. The van der Waals surface area contributed by atoms with Crippen LogP contribution in [-0.4, -0.2) is 67.6 Å². The number of piperidine rings is 1.